The average molecular weight is 255 g/mol. The van der Waals surface area contributed by atoms with Gasteiger partial charge in [-0.2, -0.15) is 0 Å². The molecule has 2 N–H and O–H groups in total. The number of hydrogen-bond donors (Lipinski definition) is 2. The maximum Gasteiger partial charge on any atom is 0.123 e. The summed E-state index contributed by atoms with van der Waals surface area (Å²) < 4.78 is 0. The van der Waals surface area contributed by atoms with Crippen LogP contribution < -0.4 is 5.32 Å². The van der Waals surface area contributed by atoms with Crippen molar-refractivity contribution < 1.29 is 5.11 Å². The van der Waals surface area contributed by atoms with Crippen molar-refractivity contribution in [1.82, 2.24) is 10.2 Å². The third kappa shape index (κ3) is 2.73. The van der Waals surface area contributed by atoms with Crippen LogP contribution in [0.1, 0.15) is 24.1 Å². The van der Waals surface area contributed by atoms with Gasteiger partial charge in [0, 0.05) is 42.8 Å². The summed E-state index contributed by atoms with van der Waals surface area (Å²) in [6.45, 7) is 8.03. The second-order valence-corrected chi connectivity index (χ2v) is 5.06. The molecule has 0 spiro atoms. The topological polar surface area (TPSA) is 35.5 Å². The lowest BCUT2D eigenvalue weighted by atomic mass is 10.0. The van der Waals surface area contributed by atoms with E-state index < -0.39 is 0 Å². The van der Waals surface area contributed by atoms with E-state index in [0.717, 1.165) is 37.3 Å². The van der Waals surface area contributed by atoms with E-state index in [1.807, 2.05) is 13.0 Å². The van der Waals surface area contributed by atoms with Crippen LogP contribution in [0, 0.1) is 6.92 Å². The first-order valence-corrected chi connectivity index (χ1v) is 6.41. The smallest absolute Gasteiger partial charge is 0.123 e. The molecule has 3 nitrogen and oxygen atoms in total. The zero-order valence-corrected chi connectivity index (χ0v) is 11.1. The highest BCUT2D eigenvalue weighted by molar-refractivity contribution is 6.30. The first kappa shape index (κ1) is 12.7. The van der Waals surface area contributed by atoms with Crippen molar-refractivity contribution in [2.45, 2.75) is 19.9 Å². The van der Waals surface area contributed by atoms with Gasteiger partial charge in [-0.05, 0) is 31.5 Å². The highest BCUT2D eigenvalue weighted by atomic mass is 35.5. The monoisotopic (exact) mass is 254 g/mol. The molecule has 1 heterocycles. The van der Waals surface area contributed by atoms with E-state index in [4.69, 9.17) is 11.6 Å². The number of aryl methyl sites for hydroxylation is 1. The first-order valence-electron chi connectivity index (χ1n) is 6.03. The molecule has 17 heavy (non-hydrogen) atoms. The number of rotatable bonds is 2. The van der Waals surface area contributed by atoms with Crippen LogP contribution in [0.15, 0.2) is 12.1 Å². The number of phenols is 1. The molecule has 0 aliphatic carbocycles. The highest BCUT2D eigenvalue weighted by Gasteiger charge is 2.21. The molecule has 1 atom stereocenters. The summed E-state index contributed by atoms with van der Waals surface area (Å²) in [6.07, 6.45) is 0. The number of nitrogens with zero attached hydrogens (tertiary/aromatic N) is 1. The van der Waals surface area contributed by atoms with Crippen LogP contribution in [-0.2, 0) is 0 Å². The van der Waals surface area contributed by atoms with Crippen LogP contribution in [0.5, 0.6) is 5.75 Å². The van der Waals surface area contributed by atoms with Gasteiger partial charge < -0.3 is 10.4 Å². The molecule has 0 radical (unpaired) electrons. The Bertz CT molecular complexity index is 403. The Kier molecular flexibility index (Phi) is 3.92. The van der Waals surface area contributed by atoms with E-state index in [1.165, 1.54) is 0 Å². The van der Waals surface area contributed by atoms with Gasteiger partial charge in [0.1, 0.15) is 5.75 Å². The second kappa shape index (κ2) is 5.25. The van der Waals surface area contributed by atoms with Crippen molar-refractivity contribution in [2.75, 3.05) is 26.2 Å². The van der Waals surface area contributed by atoms with E-state index in [1.54, 1.807) is 6.07 Å². The number of phenolic OH excluding ortho intramolecular Hbond substituents is 1. The Hall–Kier alpha value is -0.770. The molecule has 1 aliphatic rings. The quantitative estimate of drug-likeness (QED) is 0.850. The standard InChI is InChI=1S/C13H19ClN2O/c1-9-7-11(14)8-12(13(9)17)10(2)16-5-3-15-4-6-16/h7-8,10,15,17H,3-6H2,1-2H3/t10-/m1/s1. The fourth-order valence-electron chi connectivity index (χ4n) is 2.35. The van der Waals surface area contributed by atoms with Crippen molar-refractivity contribution in [1.29, 1.82) is 0 Å². The molecule has 0 bridgehead atoms. The van der Waals surface area contributed by atoms with E-state index in [-0.39, 0.29) is 6.04 Å². The third-order valence-corrected chi connectivity index (χ3v) is 3.66. The normalized spacial score (nSPS) is 19.2. The first-order chi connectivity index (χ1) is 8.09. The van der Waals surface area contributed by atoms with Gasteiger partial charge in [-0.25, -0.2) is 0 Å². The average Bonchev–Trinajstić information content (AvgIpc) is 2.34. The molecule has 0 aromatic heterocycles. The lowest BCUT2D eigenvalue weighted by Gasteiger charge is -2.33. The highest BCUT2D eigenvalue weighted by Crippen LogP contribution is 2.33. The van der Waals surface area contributed by atoms with Crippen molar-refractivity contribution in [3.8, 4) is 5.75 Å². The lowest BCUT2D eigenvalue weighted by Crippen LogP contribution is -2.44. The molecule has 1 fully saturated rings. The van der Waals surface area contributed by atoms with Gasteiger partial charge >= 0.3 is 0 Å². The van der Waals surface area contributed by atoms with Crippen molar-refractivity contribution in [3.05, 3.63) is 28.3 Å². The van der Waals surface area contributed by atoms with Crippen LogP contribution >= 0.6 is 11.6 Å². The fourth-order valence-corrected chi connectivity index (χ4v) is 2.63. The number of nitrogens with one attached hydrogen (secondary N) is 1. The zero-order valence-electron chi connectivity index (χ0n) is 10.3. The molecule has 0 saturated carbocycles. The largest absolute Gasteiger partial charge is 0.507 e. The molecule has 4 heteroatoms. The van der Waals surface area contributed by atoms with Crippen molar-refractivity contribution >= 4 is 11.6 Å². The van der Waals surface area contributed by atoms with Gasteiger partial charge in [0.2, 0.25) is 0 Å². The van der Waals surface area contributed by atoms with E-state index in [0.29, 0.717) is 10.8 Å². The van der Waals surface area contributed by atoms with Gasteiger partial charge in [0.25, 0.3) is 0 Å². The van der Waals surface area contributed by atoms with Gasteiger partial charge in [0.05, 0.1) is 0 Å². The number of benzene rings is 1. The Labute approximate surface area is 107 Å². The predicted molar refractivity (Wildman–Crippen MR) is 70.7 cm³/mol. The van der Waals surface area contributed by atoms with E-state index >= 15 is 0 Å². The van der Waals surface area contributed by atoms with E-state index in [9.17, 15) is 5.11 Å². The fraction of sp³-hybridized carbons (Fsp3) is 0.538. The molecule has 1 aliphatic heterocycles. The van der Waals surface area contributed by atoms with Gasteiger partial charge in [-0.3, -0.25) is 4.90 Å². The molecule has 1 aromatic carbocycles. The van der Waals surface area contributed by atoms with Gasteiger partial charge in [0.15, 0.2) is 0 Å². The maximum atomic E-state index is 10.1. The molecule has 1 saturated heterocycles. The van der Waals surface area contributed by atoms with E-state index in [2.05, 4.69) is 17.1 Å². The minimum atomic E-state index is 0.203. The Morgan fingerprint density at radius 3 is 2.65 bits per heavy atom. The summed E-state index contributed by atoms with van der Waals surface area (Å²) in [6, 6.07) is 3.87. The predicted octanol–water partition coefficient (Wildman–Crippen LogP) is 2.32. The number of halogens is 1. The maximum absolute atomic E-state index is 10.1. The van der Waals surface area contributed by atoms with Crippen molar-refractivity contribution in [3.63, 3.8) is 0 Å². The molecule has 1 aromatic rings. The Balaban J connectivity index is 2.26. The van der Waals surface area contributed by atoms with Crippen LogP contribution in [-0.4, -0.2) is 36.2 Å². The van der Waals surface area contributed by atoms with Crippen LogP contribution in [0.4, 0.5) is 0 Å². The van der Waals surface area contributed by atoms with Gasteiger partial charge in [-0.15, -0.1) is 0 Å². The number of piperazine rings is 1. The van der Waals surface area contributed by atoms with Gasteiger partial charge in [-0.1, -0.05) is 11.6 Å². The SMILES string of the molecule is Cc1cc(Cl)cc([C@@H](C)N2CCNCC2)c1O. The minimum absolute atomic E-state index is 0.203. The summed E-state index contributed by atoms with van der Waals surface area (Å²) in [5.41, 5.74) is 1.77. The van der Waals surface area contributed by atoms with Crippen LogP contribution in [0.25, 0.3) is 0 Å². The lowest BCUT2D eigenvalue weighted by molar-refractivity contribution is 0.183. The second-order valence-electron chi connectivity index (χ2n) is 4.62. The summed E-state index contributed by atoms with van der Waals surface area (Å²) >= 11 is 6.06. The molecule has 0 unspecified atom stereocenters. The summed E-state index contributed by atoms with van der Waals surface area (Å²) in [7, 11) is 0. The summed E-state index contributed by atoms with van der Waals surface area (Å²) in [4.78, 5) is 2.36. The van der Waals surface area contributed by atoms with Crippen molar-refractivity contribution in [2.24, 2.45) is 0 Å². The minimum Gasteiger partial charge on any atom is -0.507 e. The summed E-state index contributed by atoms with van der Waals surface area (Å²) in [5.74, 6) is 0.375. The molecule has 0 amide bonds. The Morgan fingerprint density at radius 1 is 1.35 bits per heavy atom. The Morgan fingerprint density at radius 2 is 2.00 bits per heavy atom. The molecule has 2 rings (SSSR count). The molecular formula is C13H19ClN2O. The van der Waals surface area contributed by atoms with Crippen LogP contribution in [0.2, 0.25) is 5.02 Å². The summed E-state index contributed by atoms with van der Waals surface area (Å²) in [5, 5.41) is 14.1. The number of aromatic hydroxyl groups is 1. The molecule has 94 valence electrons. The third-order valence-electron chi connectivity index (χ3n) is 3.44. The zero-order chi connectivity index (χ0) is 12.4. The molecular weight excluding hydrogens is 236 g/mol. The number of hydrogen-bond acceptors (Lipinski definition) is 3. The van der Waals surface area contributed by atoms with Crippen LogP contribution in [0.3, 0.4) is 0 Å².